The molecule has 6 heteroatoms. The summed E-state index contributed by atoms with van der Waals surface area (Å²) in [7, 11) is 0. The molecule has 1 saturated carbocycles. The van der Waals surface area contributed by atoms with Gasteiger partial charge < -0.3 is 4.90 Å². The van der Waals surface area contributed by atoms with Gasteiger partial charge in [0.05, 0.1) is 16.8 Å². The minimum Gasteiger partial charge on any atom is -0.342 e. The zero-order valence-corrected chi connectivity index (χ0v) is 15.6. The van der Waals surface area contributed by atoms with Gasteiger partial charge in [-0.3, -0.25) is 9.59 Å². The summed E-state index contributed by atoms with van der Waals surface area (Å²) < 4.78 is 1.51. The SMILES string of the molecule is O=C(N1CCC(n2nnc3ccccc3c2=O)CC1)C1(c2ccccc2)CC1. The molecule has 1 saturated heterocycles. The number of piperidine rings is 1. The van der Waals surface area contributed by atoms with Crippen molar-refractivity contribution in [3.63, 3.8) is 0 Å². The van der Waals surface area contributed by atoms with E-state index >= 15 is 0 Å². The summed E-state index contributed by atoms with van der Waals surface area (Å²) in [6.45, 7) is 1.30. The molecule has 1 aliphatic carbocycles. The van der Waals surface area contributed by atoms with E-state index < -0.39 is 0 Å². The van der Waals surface area contributed by atoms with Crippen LogP contribution in [0.1, 0.15) is 37.3 Å². The van der Waals surface area contributed by atoms with E-state index in [1.54, 1.807) is 12.1 Å². The summed E-state index contributed by atoms with van der Waals surface area (Å²) in [6.07, 6.45) is 3.30. The maximum atomic E-state index is 13.2. The van der Waals surface area contributed by atoms with Crippen molar-refractivity contribution in [2.75, 3.05) is 13.1 Å². The van der Waals surface area contributed by atoms with Crippen LogP contribution in [0.25, 0.3) is 10.9 Å². The van der Waals surface area contributed by atoms with Gasteiger partial charge in [-0.25, -0.2) is 4.68 Å². The normalized spacial score (nSPS) is 18.9. The van der Waals surface area contributed by atoms with Crippen molar-refractivity contribution < 1.29 is 4.79 Å². The highest BCUT2D eigenvalue weighted by Crippen LogP contribution is 2.50. The van der Waals surface area contributed by atoms with E-state index in [2.05, 4.69) is 22.4 Å². The quantitative estimate of drug-likeness (QED) is 0.707. The summed E-state index contributed by atoms with van der Waals surface area (Å²) in [4.78, 5) is 27.9. The molecule has 0 radical (unpaired) electrons. The average molecular weight is 374 g/mol. The van der Waals surface area contributed by atoms with E-state index in [1.807, 2.05) is 35.2 Å². The second-order valence-corrected chi connectivity index (χ2v) is 7.83. The number of amides is 1. The van der Waals surface area contributed by atoms with Crippen LogP contribution >= 0.6 is 0 Å². The third-order valence-corrected chi connectivity index (χ3v) is 6.17. The van der Waals surface area contributed by atoms with E-state index in [0.717, 1.165) is 31.2 Å². The Morgan fingerprint density at radius 3 is 2.36 bits per heavy atom. The number of likely N-dealkylation sites (tertiary alicyclic amines) is 1. The van der Waals surface area contributed by atoms with Crippen molar-refractivity contribution in [1.29, 1.82) is 0 Å². The number of hydrogen-bond acceptors (Lipinski definition) is 4. The fourth-order valence-corrected chi connectivity index (χ4v) is 4.37. The Morgan fingerprint density at radius 1 is 0.964 bits per heavy atom. The first kappa shape index (κ1) is 17.1. The fraction of sp³-hybridized carbons (Fsp3) is 0.364. The molecule has 0 unspecified atom stereocenters. The van der Waals surface area contributed by atoms with Crippen molar-refractivity contribution in [3.8, 4) is 0 Å². The van der Waals surface area contributed by atoms with Gasteiger partial charge in [0, 0.05) is 13.1 Å². The van der Waals surface area contributed by atoms with E-state index in [1.165, 1.54) is 4.68 Å². The minimum absolute atomic E-state index is 0.0134. The third-order valence-electron chi connectivity index (χ3n) is 6.17. The van der Waals surface area contributed by atoms with Gasteiger partial charge in [0.15, 0.2) is 0 Å². The van der Waals surface area contributed by atoms with Crippen LogP contribution in [0.2, 0.25) is 0 Å². The lowest BCUT2D eigenvalue weighted by molar-refractivity contribution is -0.135. The highest BCUT2D eigenvalue weighted by Gasteiger charge is 2.53. The van der Waals surface area contributed by atoms with E-state index in [-0.39, 0.29) is 22.9 Å². The third kappa shape index (κ3) is 2.71. The fourth-order valence-electron chi connectivity index (χ4n) is 4.37. The Morgan fingerprint density at radius 2 is 1.64 bits per heavy atom. The van der Waals surface area contributed by atoms with Crippen LogP contribution in [0.5, 0.6) is 0 Å². The highest BCUT2D eigenvalue weighted by atomic mass is 16.2. The number of aromatic nitrogens is 3. The van der Waals surface area contributed by atoms with E-state index in [4.69, 9.17) is 0 Å². The predicted octanol–water partition coefficient (Wildman–Crippen LogP) is 2.69. The molecule has 0 atom stereocenters. The number of carbonyl (C=O) groups excluding carboxylic acids is 1. The molecule has 0 bridgehead atoms. The van der Waals surface area contributed by atoms with Gasteiger partial charge in [0.1, 0.15) is 5.52 Å². The van der Waals surface area contributed by atoms with Gasteiger partial charge in [0.25, 0.3) is 5.56 Å². The second kappa shape index (κ2) is 6.55. The van der Waals surface area contributed by atoms with Gasteiger partial charge in [-0.15, -0.1) is 5.10 Å². The maximum absolute atomic E-state index is 13.2. The topological polar surface area (TPSA) is 68.1 Å². The van der Waals surface area contributed by atoms with Gasteiger partial charge in [-0.05, 0) is 43.4 Å². The molecular weight excluding hydrogens is 352 g/mol. The lowest BCUT2D eigenvalue weighted by atomic mass is 9.93. The molecule has 142 valence electrons. The standard InChI is InChI=1S/C22H22N4O2/c27-20-18-8-4-5-9-19(18)23-24-26(20)17-10-14-25(15-11-17)21(28)22(12-13-22)16-6-2-1-3-7-16/h1-9,17H,10-15H2. The second-order valence-electron chi connectivity index (χ2n) is 7.83. The first-order valence-electron chi connectivity index (χ1n) is 9.88. The number of hydrogen-bond donors (Lipinski definition) is 0. The summed E-state index contributed by atoms with van der Waals surface area (Å²) in [5.74, 6) is 0.231. The Hall–Kier alpha value is -3.02. The number of carbonyl (C=O) groups is 1. The molecule has 0 N–H and O–H groups in total. The number of benzene rings is 2. The van der Waals surface area contributed by atoms with E-state index in [9.17, 15) is 9.59 Å². The van der Waals surface area contributed by atoms with E-state index in [0.29, 0.717) is 24.0 Å². The van der Waals surface area contributed by atoms with Crippen LogP contribution in [0.4, 0.5) is 0 Å². The summed E-state index contributed by atoms with van der Waals surface area (Å²) >= 11 is 0. The summed E-state index contributed by atoms with van der Waals surface area (Å²) in [6, 6.07) is 17.4. The van der Waals surface area contributed by atoms with Crippen LogP contribution in [-0.2, 0) is 10.2 Å². The maximum Gasteiger partial charge on any atom is 0.277 e. The molecule has 2 aliphatic rings. The molecule has 2 heterocycles. The molecule has 3 aromatic rings. The van der Waals surface area contributed by atoms with Crippen molar-refractivity contribution in [2.45, 2.75) is 37.1 Å². The summed E-state index contributed by atoms with van der Waals surface area (Å²) in [5, 5.41) is 8.95. The Kier molecular flexibility index (Phi) is 4.00. The molecular formula is C22H22N4O2. The molecule has 6 nitrogen and oxygen atoms in total. The zero-order valence-electron chi connectivity index (χ0n) is 15.6. The van der Waals surface area contributed by atoms with Gasteiger partial charge in [0.2, 0.25) is 5.91 Å². The minimum atomic E-state index is -0.326. The molecule has 2 fully saturated rings. The average Bonchev–Trinajstić information content (AvgIpc) is 3.57. The summed E-state index contributed by atoms with van der Waals surface area (Å²) in [5.41, 5.74) is 1.32. The monoisotopic (exact) mass is 374 g/mol. The molecule has 1 aliphatic heterocycles. The molecule has 1 aromatic heterocycles. The van der Waals surface area contributed by atoms with Crippen molar-refractivity contribution in [2.24, 2.45) is 0 Å². The lowest BCUT2D eigenvalue weighted by Crippen LogP contribution is -2.45. The molecule has 0 spiro atoms. The molecule has 28 heavy (non-hydrogen) atoms. The zero-order chi connectivity index (χ0) is 19.1. The van der Waals surface area contributed by atoms with Crippen LogP contribution in [-0.4, -0.2) is 38.9 Å². The smallest absolute Gasteiger partial charge is 0.277 e. The Bertz CT molecular complexity index is 1080. The number of rotatable bonds is 3. The van der Waals surface area contributed by atoms with Gasteiger partial charge >= 0.3 is 0 Å². The van der Waals surface area contributed by atoms with Crippen molar-refractivity contribution in [3.05, 3.63) is 70.5 Å². The number of fused-ring (bicyclic) bond motifs is 1. The van der Waals surface area contributed by atoms with Gasteiger partial charge in [-0.1, -0.05) is 47.7 Å². The van der Waals surface area contributed by atoms with Crippen molar-refractivity contribution >= 4 is 16.8 Å². The van der Waals surface area contributed by atoms with Gasteiger partial charge in [-0.2, -0.15) is 0 Å². The van der Waals surface area contributed by atoms with Crippen molar-refractivity contribution in [1.82, 2.24) is 19.9 Å². The molecule has 5 rings (SSSR count). The molecule has 1 amide bonds. The predicted molar refractivity (Wildman–Crippen MR) is 106 cm³/mol. The van der Waals surface area contributed by atoms with Crippen LogP contribution in [0.15, 0.2) is 59.4 Å². The first-order valence-corrected chi connectivity index (χ1v) is 9.88. The largest absolute Gasteiger partial charge is 0.342 e. The van der Waals surface area contributed by atoms with Crippen LogP contribution < -0.4 is 5.56 Å². The lowest BCUT2D eigenvalue weighted by Gasteiger charge is -2.34. The van der Waals surface area contributed by atoms with Crippen LogP contribution in [0.3, 0.4) is 0 Å². The Balaban J connectivity index is 1.33. The van der Waals surface area contributed by atoms with Crippen LogP contribution in [0, 0.1) is 0 Å². The molecule has 2 aromatic carbocycles. The first-order chi connectivity index (χ1) is 13.7. The Labute approximate surface area is 162 Å². The highest BCUT2D eigenvalue weighted by molar-refractivity contribution is 5.91. The number of nitrogens with zero attached hydrogens (tertiary/aromatic N) is 4.